The first kappa shape index (κ1) is 50.7. The average molecular weight is 1010 g/mol. The highest BCUT2D eigenvalue weighted by Gasteiger charge is 2.75. The Labute approximate surface area is 436 Å². The Hall–Kier alpha value is -7.84. The van der Waals surface area contributed by atoms with Gasteiger partial charge >= 0.3 is 12.1 Å². The van der Waals surface area contributed by atoms with Crippen LogP contribution in [-0.4, -0.2) is 118 Å². The third kappa shape index (κ3) is 10.1. The predicted octanol–water partition coefficient (Wildman–Crippen LogP) is 7.47. The standard InChI is InChI=1S/C60H59N5O10/c1-62(40-42-13-6-3-7-14-42)30-12-15-41-20-29-50-49(39-41)60(58(69)64(50)59(70)74-38-37-71-2)51(56(67)61-46-23-25-47(26-24-46)63-31-34-72-35-32-63)53-57(68)75-54(44-18-10-5-11-19-44)52(43-16-8-4-9-17-43)65(53)55(60)45-21-27-48(28-22-45)73-36-33-66/h3-11,13-14,16-29,39,51-55,66H,30-38,40H2,1-2H3,(H,61,67)/t51-,52-,53-,54+,55+,60-/m0/s1. The first-order valence-corrected chi connectivity index (χ1v) is 25.2. The summed E-state index contributed by atoms with van der Waals surface area (Å²) < 4.78 is 29.1. The predicted molar refractivity (Wildman–Crippen MR) is 282 cm³/mol. The second-order valence-electron chi connectivity index (χ2n) is 19.0. The van der Waals surface area contributed by atoms with E-state index < -0.39 is 59.4 Å². The summed E-state index contributed by atoms with van der Waals surface area (Å²) in [7, 11) is 3.46. The maximum Gasteiger partial charge on any atom is 0.421 e. The van der Waals surface area contributed by atoms with E-state index in [1.54, 1.807) is 54.6 Å². The Bertz CT molecular complexity index is 3040. The maximum absolute atomic E-state index is 16.6. The van der Waals surface area contributed by atoms with E-state index in [1.807, 2.05) is 103 Å². The molecule has 0 radical (unpaired) electrons. The minimum Gasteiger partial charge on any atom is -0.491 e. The number of cyclic esters (lactones) is 1. The summed E-state index contributed by atoms with van der Waals surface area (Å²) in [6, 6.07) is 45.4. The summed E-state index contributed by atoms with van der Waals surface area (Å²) in [4.78, 5) is 70.2. The molecule has 3 fully saturated rings. The van der Waals surface area contributed by atoms with Gasteiger partial charge in [-0.3, -0.25) is 24.2 Å². The quantitative estimate of drug-likeness (QED) is 0.0594. The number of aliphatic hydroxyl groups is 1. The van der Waals surface area contributed by atoms with Crippen molar-refractivity contribution in [2.75, 3.05) is 88.5 Å². The van der Waals surface area contributed by atoms with E-state index in [0.29, 0.717) is 73.1 Å². The van der Waals surface area contributed by atoms with Crippen molar-refractivity contribution in [3.8, 4) is 17.6 Å². The van der Waals surface area contributed by atoms with E-state index in [4.69, 9.17) is 23.7 Å². The number of carbonyl (C=O) groups is 4. The number of morpholine rings is 2. The molecule has 2 N–H and O–H groups in total. The first-order chi connectivity index (χ1) is 36.7. The zero-order valence-corrected chi connectivity index (χ0v) is 41.9. The minimum atomic E-state index is -2.05. The van der Waals surface area contributed by atoms with Crippen LogP contribution in [0.15, 0.2) is 158 Å². The summed E-state index contributed by atoms with van der Waals surface area (Å²) >= 11 is 0. The lowest BCUT2D eigenvalue weighted by molar-refractivity contribution is -0.177. The van der Waals surface area contributed by atoms with Crippen molar-refractivity contribution >= 4 is 40.9 Å². The number of aliphatic hydroxyl groups excluding tert-OH is 1. The Balaban J connectivity index is 1.19. The fraction of sp³-hybridized carbons (Fsp3) is 0.300. The number of hydrogen-bond donors (Lipinski definition) is 2. The number of imide groups is 1. The number of nitrogens with one attached hydrogen (secondary N) is 1. The lowest BCUT2D eigenvalue weighted by Crippen LogP contribution is -2.54. The summed E-state index contributed by atoms with van der Waals surface area (Å²) in [6.07, 6.45) is -1.90. The topological polar surface area (TPSA) is 160 Å². The lowest BCUT2D eigenvalue weighted by Gasteiger charge is -2.46. The van der Waals surface area contributed by atoms with Gasteiger partial charge in [0.1, 0.15) is 36.5 Å². The Morgan fingerprint density at radius 3 is 2.15 bits per heavy atom. The van der Waals surface area contributed by atoms with Gasteiger partial charge in [0, 0.05) is 43.7 Å². The van der Waals surface area contributed by atoms with Gasteiger partial charge in [0.25, 0.3) is 0 Å². The normalized spacial score (nSPS) is 22.0. The van der Waals surface area contributed by atoms with Gasteiger partial charge in [-0.25, -0.2) is 9.69 Å². The number of benzene rings is 6. The highest BCUT2D eigenvalue weighted by molar-refractivity contribution is 6.24. The van der Waals surface area contributed by atoms with E-state index in [1.165, 1.54) is 7.11 Å². The van der Waals surface area contributed by atoms with E-state index >= 15 is 14.4 Å². The number of ether oxygens (including phenoxy) is 5. The number of methoxy groups -OCH3 is 1. The van der Waals surface area contributed by atoms with Crippen molar-refractivity contribution in [3.63, 3.8) is 0 Å². The monoisotopic (exact) mass is 1010 g/mol. The van der Waals surface area contributed by atoms with Crippen LogP contribution in [0.25, 0.3) is 0 Å². The van der Waals surface area contributed by atoms with Crippen molar-refractivity contribution in [1.82, 2.24) is 9.80 Å². The molecule has 4 heterocycles. The molecule has 1 spiro atoms. The second-order valence-corrected chi connectivity index (χ2v) is 19.0. The lowest BCUT2D eigenvalue weighted by atomic mass is 9.65. The Kier molecular flexibility index (Phi) is 15.4. The number of amides is 3. The summed E-state index contributed by atoms with van der Waals surface area (Å²) in [6.45, 7) is 3.38. The van der Waals surface area contributed by atoms with E-state index in [9.17, 15) is 9.90 Å². The van der Waals surface area contributed by atoms with Gasteiger partial charge in [0.05, 0.1) is 56.7 Å². The van der Waals surface area contributed by atoms with Crippen LogP contribution in [0.4, 0.5) is 21.9 Å². The van der Waals surface area contributed by atoms with Crippen LogP contribution < -0.4 is 19.9 Å². The van der Waals surface area contributed by atoms with Gasteiger partial charge in [-0.15, -0.1) is 0 Å². The second kappa shape index (κ2) is 22.7. The van der Waals surface area contributed by atoms with Crippen LogP contribution in [-0.2, 0) is 45.3 Å². The molecule has 0 aromatic heterocycles. The average Bonchev–Trinajstić information content (AvgIpc) is 3.91. The summed E-state index contributed by atoms with van der Waals surface area (Å²) in [5, 5.41) is 12.8. The molecule has 10 rings (SSSR count). The highest BCUT2D eigenvalue weighted by Crippen LogP contribution is 2.66. The fourth-order valence-electron chi connectivity index (χ4n) is 11.2. The Morgan fingerprint density at radius 2 is 1.47 bits per heavy atom. The van der Waals surface area contributed by atoms with Crippen molar-refractivity contribution < 1.29 is 48.0 Å². The minimum absolute atomic E-state index is 0.0368. The third-order valence-corrected chi connectivity index (χ3v) is 14.4. The number of anilines is 3. The molecular weight excluding hydrogens is 951 g/mol. The molecule has 15 nitrogen and oxygen atoms in total. The summed E-state index contributed by atoms with van der Waals surface area (Å²) in [5.74, 6) is 3.38. The van der Waals surface area contributed by atoms with Crippen LogP contribution in [0.3, 0.4) is 0 Å². The molecule has 3 saturated heterocycles. The SMILES string of the molecule is COCCOC(=O)N1C(=O)[C@@]2(c3cc(C#CCN(C)Cc4ccccc4)ccc31)[C@H](C(=O)Nc1ccc(N3CCOCC3)cc1)[C@H]1C(=O)O[C@H](c3ccccc3)[C@H](c3ccccc3)N1[C@@H]2c1ccc(OCCO)cc1. The molecule has 384 valence electrons. The largest absolute Gasteiger partial charge is 0.491 e. The first-order valence-electron chi connectivity index (χ1n) is 25.2. The van der Waals surface area contributed by atoms with Gasteiger partial charge in [0.2, 0.25) is 11.8 Å². The smallest absolute Gasteiger partial charge is 0.421 e. The molecule has 0 unspecified atom stereocenters. The molecule has 15 heteroatoms. The van der Waals surface area contributed by atoms with Crippen LogP contribution in [0.5, 0.6) is 5.75 Å². The molecular formula is C60H59N5O10. The molecule has 75 heavy (non-hydrogen) atoms. The molecule has 4 aliphatic rings. The van der Waals surface area contributed by atoms with Gasteiger partial charge in [0.15, 0.2) is 0 Å². The third-order valence-electron chi connectivity index (χ3n) is 14.4. The van der Waals surface area contributed by atoms with E-state index in [0.717, 1.165) is 21.7 Å². The van der Waals surface area contributed by atoms with Crippen LogP contribution >= 0.6 is 0 Å². The molecule has 6 aromatic carbocycles. The molecule has 6 atom stereocenters. The van der Waals surface area contributed by atoms with Crippen molar-refractivity contribution in [1.29, 1.82) is 0 Å². The van der Waals surface area contributed by atoms with Gasteiger partial charge in [-0.1, -0.05) is 115 Å². The highest BCUT2D eigenvalue weighted by atomic mass is 16.6. The molecule has 4 aliphatic heterocycles. The van der Waals surface area contributed by atoms with Crippen molar-refractivity contribution in [3.05, 3.63) is 191 Å². The number of carbonyl (C=O) groups excluding carboxylic acids is 4. The molecule has 0 bridgehead atoms. The van der Waals surface area contributed by atoms with E-state index in [-0.39, 0.29) is 32.1 Å². The number of rotatable bonds is 15. The number of hydrogen-bond acceptors (Lipinski definition) is 13. The van der Waals surface area contributed by atoms with E-state index in [2.05, 4.69) is 39.1 Å². The maximum atomic E-state index is 16.6. The van der Waals surface area contributed by atoms with Gasteiger partial charge in [-0.05, 0) is 89.5 Å². The zero-order valence-electron chi connectivity index (χ0n) is 41.9. The van der Waals surface area contributed by atoms with Crippen LogP contribution in [0.2, 0.25) is 0 Å². The molecule has 3 amide bonds. The van der Waals surface area contributed by atoms with Crippen molar-refractivity contribution in [2.24, 2.45) is 5.92 Å². The molecule has 6 aromatic rings. The summed E-state index contributed by atoms with van der Waals surface area (Å²) in [5.41, 5.74) is 3.45. The Morgan fingerprint density at radius 1 is 0.787 bits per heavy atom. The number of fused-ring (bicyclic) bond motifs is 3. The molecule has 0 aliphatic carbocycles. The van der Waals surface area contributed by atoms with Crippen molar-refractivity contribution in [2.45, 2.75) is 36.2 Å². The molecule has 0 saturated carbocycles. The number of esters is 1. The fourth-order valence-corrected chi connectivity index (χ4v) is 11.2. The van der Waals surface area contributed by atoms with Crippen LogP contribution in [0.1, 0.15) is 51.6 Å². The zero-order chi connectivity index (χ0) is 51.9. The van der Waals surface area contributed by atoms with Gasteiger partial charge in [-0.2, -0.15) is 0 Å². The van der Waals surface area contributed by atoms with Crippen LogP contribution in [0, 0.1) is 17.8 Å². The number of nitrogens with zero attached hydrogens (tertiary/aromatic N) is 4. The van der Waals surface area contributed by atoms with Gasteiger partial charge < -0.3 is 39.0 Å².